The van der Waals surface area contributed by atoms with Gasteiger partial charge >= 0.3 is 0 Å². The predicted octanol–water partition coefficient (Wildman–Crippen LogP) is 1.77. The van der Waals surface area contributed by atoms with Crippen LogP contribution in [0.2, 0.25) is 0 Å². The Labute approximate surface area is 136 Å². The van der Waals surface area contributed by atoms with Gasteiger partial charge in [0.25, 0.3) is 0 Å². The second-order valence-electron chi connectivity index (χ2n) is 5.55. The summed E-state index contributed by atoms with van der Waals surface area (Å²) in [6.07, 6.45) is 3.74. The van der Waals surface area contributed by atoms with E-state index in [1.54, 1.807) is 6.20 Å². The topological polar surface area (TPSA) is 59.0 Å². The Bertz CT molecular complexity index is 610. The summed E-state index contributed by atoms with van der Waals surface area (Å²) in [4.78, 5) is 12.1. The van der Waals surface area contributed by atoms with Gasteiger partial charge in [0.05, 0.1) is 11.9 Å². The van der Waals surface area contributed by atoms with E-state index in [9.17, 15) is 4.79 Å². The standard InChI is InChI=1S/C16H20N4O.ClH/c1-12(14-9-17-10-14)16(21)18-7-13-8-19-20(11-13)15-5-3-2-4-6-15;/h2-6,8,11-12,14,17H,7,9-10H2,1H3,(H,18,21);1H. The molecule has 0 radical (unpaired) electrons. The Balaban J connectivity index is 0.00000176. The zero-order valence-electron chi connectivity index (χ0n) is 12.5. The SMILES string of the molecule is CC(C(=O)NCc1cnn(-c2ccccc2)c1)C1CNC1.Cl. The maximum absolute atomic E-state index is 12.1. The van der Waals surface area contributed by atoms with E-state index in [4.69, 9.17) is 0 Å². The van der Waals surface area contributed by atoms with Crippen molar-refractivity contribution in [2.75, 3.05) is 13.1 Å². The molecule has 1 aromatic heterocycles. The minimum atomic E-state index is 0. The van der Waals surface area contributed by atoms with Crippen LogP contribution in [0.15, 0.2) is 42.7 Å². The highest BCUT2D eigenvalue weighted by molar-refractivity contribution is 5.85. The van der Waals surface area contributed by atoms with Crippen LogP contribution >= 0.6 is 12.4 Å². The van der Waals surface area contributed by atoms with E-state index in [0.29, 0.717) is 12.5 Å². The van der Waals surface area contributed by atoms with Gasteiger partial charge < -0.3 is 10.6 Å². The highest BCUT2D eigenvalue weighted by Crippen LogP contribution is 2.16. The lowest BCUT2D eigenvalue weighted by molar-refractivity contribution is -0.126. The molecule has 6 heteroatoms. The first kappa shape index (κ1) is 16.5. The molecular formula is C16H21ClN4O. The van der Waals surface area contributed by atoms with Gasteiger partial charge in [-0.05, 0) is 31.1 Å². The molecule has 0 bridgehead atoms. The van der Waals surface area contributed by atoms with Crippen molar-refractivity contribution in [3.63, 3.8) is 0 Å². The van der Waals surface area contributed by atoms with Crippen LogP contribution in [0.25, 0.3) is 5.69 Å². The van der Waals surface area contributed by atoms with Gasteiger partial charge in [0, 0.05) is 24.2 Å². The highest BCUT2D eigenvalue weighted by atomic mass is 35.5. The van der Waals surface area contributed by atoms with Crippen LogP contribution in [0, 0.1) is 11.8 Å². The summed E-state index contributed by atoms with van der Waals surface area (Å²) < 4.78 is 1.82. The van der Waals surface area contributed by atoms with Gasteiger partial charge in [0.2, 0.25) is 5.91 Å². The zero-order chi connectivity index (χ0) is 14.7. The molecule has 0 aliphatic carbocycles. The molecule has 1 amide bonds. The Kier molecular flexibility index (Phi) is 5.57. The van der Waals surface area contributed by atoms with Crippen molar-refractivity contribution in [1.29, 1.82) is 0 Å². The normalized spacial score (nSPS) is 15.5. The van der Waals surface area contributed by atoms with Gasteiger partial charge in [-0.25, -0.2) is 4.68 Å². The summed E-state index contributed by atoms with van der Waals surface area (Å²) in [5.41, 5.74) is 2.02. The third-order valence-electron chi connectivity index (χ3n) is 4.06. The molecule has 1 saturated heterocycles. The van der Waals surface area contributed by atoms with Gasteiger partial charge in [0.15, 0.2) is 0 Å². The van der Waals surface area contributed by atoms with E-state index in [-0.39, 0.29) is 24.2 Å². The molecule has 1 unspecified atom stereocenters. The number of nitrogens with zero attached hydrogens (tertiary/aromatic N) is 2. The predicted molar refractivity (Wildman–Crippen MR) is 88.2 cm³/mol. The van der Waals surface area contributed by atoms with Crippen molar-refractivity contribution in [3.05, 3.63) is 48.3 Å². The van der Waals surface area contributed by atoms with Crippen LogP contribution in [0.4, 0.5) is 0 Å². The number of hydrogen-bond acceptors (Lipinski definition) is 3. The molecule has 2 heterocycles. The van der Waals surface area contributed by atoms with Crippen molar-refractivity contribution < 1.29 is 4.79 Å². The fourth-order valence-electron chi connectivity index (χ4n) is 2.40. The van der Waals surface area contributed by atoms with Gasteiger partial charge in [-0.3, -0.25) is 4.79 Å². The molecule has 1 atom stereocenters. The molecule has 3 rings (SSSR count). The number of nitrogens with one attached hydrogen (secondary N) is 2. The van der Waals surface area contributed by atoms with E-state index < -0.39 is 0 Å². The van der Waals surface area contributed by atoms with Crippen LogP contribution in [0.1, 0.15) is 12.5 Å². The van der Waals surface area contributed by atoms with Crippen molar-refractivity contribution in [1.82, 2.24) is 20.4 Å². The quantitative estimate of drug-likeness (QED) is 0.882. The number of carbonyl (C=O) groups is 1. The molecule has 2 aromatic rings. The van der Waals surface area contributed by atoms with Gasteiger partial charge in [0.1, 0.15) is 0 Å². The Morgan fingerprint density at radius 3 is 2.77 bits per heavy atom. The lowest BCUT2D eigenvalue weighted by Crippen LogP contribution is -2.49. The molecular weight excluding hydrogens is 300 g/mol. The molecule has 1 aliphatic rings. The third-order valence-corrected chi connectivity index (χ3v) is 4.06. The Morgan fingerprint density at radius 1 is 1.41 bits per heavy atom. The summed E-state index contributed by atoms with van der Waals surface area (Å²) in [6.45, 7) is 4.41. The Hall–Kier alpha value is -1.85. The van der Waals surface area contributed by atoms with Crippen LogP contribution in [0.3, 0.4) is 0 Å². The van der Waals surface area contributed by atoms with E-state index in [1.807, 2.05) is 48.1 Å². The minimum absolute atomic E-state index is 0. The molecule has 5 nitrogen and oxygen atoms in total. The molecule has 118 valence electrons. The molecule has 1 aromatic carbocycles. The monoisotopic (exact) mass is 320 g/mol. The largest absolute Gasteiger partial charge is 0.352 e. The fraction of sp³-hybridized carbons (Fsp3) is 0.375. The first-order chi connectivity index (χ1) is 10.2. The minimum Gasteiger partial charge on any atom is -0.352 e. The number of carbonyl (C=O) groups excluding carboxylic acids is 1. The van der Waals surface area contributed by atoms with E-state index >= 15 is 0 Å². The summed E-state index contributed by atoms with van der Waals surface area (Å²) in [5.74, 6) is 0.654. The van der Waals surface area contributed by atoms with Crippen LogP contribution in [-0.2, 0) is 11.3 Å². The lowest BCUT2D eigenvalue weighted by Gasteiger charge is -2.31. The summed E-state index contributed by atoms with van der Waals surface area (Å²) in [6, 6.07) is 9.94. The number of hydrogen-bond donors (Lipinski definition) is 2. The van der Waals surface area contributed by atoms with Crippen LogP contribution in [-0.4, -0.2) is 28.8 Å². The molecule has 0 spiro atoms. The number of aromatic nitrogens is 2. The first-order valence-electron chi connectivity index (χ1n) is 7.31. The average Bonchev–Trinajstić information content (AvgIpc) is 2.92. The maximum Gasteiger partial charge on any atom is 0.223 e. The number of benzene rings is 1. The number of amides is 1. The molecule has 2 N–H and O–H groups in total. The fourth-order valence-corrected chi connectivity index (χ4v) is 2.40. The van der Waals surface area contributed by atoms with E-state index in [0.717, 1.165) is 24.3 Å². The van der Waals surface area contributed by atoms with E-state index in [1.165, 1.54) is 0 Å². The summed E-state index contributed by atoms with van der Waals surface area (Å²) in [5, 5.41) is 10.5. The maximum atomic E-state index is 12.1. The van der Waals surface area contributed by atoms with Crippen molar-refractivity contribution in [2.24, 2.45) is 11.8 Å². The van der Waals surface area contributed by atoms with Gasteiger partial charge in [-0.1, -0.05) is 25.1 Å². The molecule has 0 saturated carbocycles. The smallest absolute Gasteiger partial charge is 0.223 e. The van der Waals surface area contributed by atoms with Crippen molar-refractivity contribution in [2.45, 2.75) is 13.5 Å². The summed E-state index contributed by atoms with van der Waals surface area (Å²) >= 11 is 0. The zero-order valence-corrected chi connectivity index (χ0v) is 13.3. The van der Waals surface area contributed by atoms with Crippen LogP contribution in [0.5, 0.6) is 0 Å². The lowest BCUT2D eigenvalue weighted by atomic mass is 9.88. The van der Waals surface area contributed by atoms with Crippen LogP contribution < -0.4 is 10.6 Å². The third kappa shape index (κ3) is 3.67. The number of halogens is 1. The van der Waals surface area contributed by atoms with Crippen molar-refractivity contribution in [3.8, 4) is 5.69 Å². The Morgan fingerprint density at radius 2 is 2.14 bits per heavy atom. The molecule has 22 heavy (non-hydrogen) atoms. The summed E-state index contributed by atoms with van der Waals surface area (Å²) in [7, 11) is 0. The highest BCUT2D eigenvalue weighted by Gasteiger charge is 2.28. The van der Waals surface area contributed by atoms with Crippen molar-refractivity contribution >= 4 is 18.3 Å². The van der Waals surface area contributed by atoms with Gasteiger partial charge in [-0.15, -0.1) is 12.4 Å². The van der Waals surface area contributed by atoms with E-state index in [2.05, 4.69) is 15.7 Å². The average molecular weight is 321 g/mol. The van der Waals surface area contributed by atoms with Gasteiger partial charge in [-0.2, -0.15) is 5.10 Å². The molecule has 1 aliphatic heterocycles. The second kappa shape index (κ2) is 7.42. The second-order valence-corrected chi connectivity index (χ2v) is 5.55. The first-order valence-corrected chi connectivity index (χ1v) is 7.31. The number of rotatable bonds is 5. The molecule has 1 fully saturated rings. The number of para-hydroxylation sites is 1.